The number of nitrogens with one attached hydrogen (secondary N) is 1. The number of nitrogens with two attached hydrogens (primary N) is 1. The highest BCUT2D eigenvalue weighted by atomic mass is 32.2. The van der Waals surface area contributed by atoms with Gasteiger partial charge < -0.3 is 0 Å². The first kappa shape index (κ1) is 16.1. The van der Waals surface area contributed by atoms with E-state index in [1.165, 1.54) is 12.1 Å². The number of sulfonamides is 2. The van der Waals surface area contributed by atoms with Crippen LogP contribution < -0.4 is 9.86 Å². The van der Waals surface area contributed by atoms with Gasteiger partial charge in [0.15, 0.2) is 0 Å². The van der Waals surface area contributed by atoms with Crippen molar-refractivity contribution in [3.05, 3.63) is 52.9 Å². The van der Waals surface area contributed by atoms with E-state index in [9.17, 15) is 16.8 Å². The Hall–Kier alpha value is -1.26. The fourth-order valence-corrected chi connectivity index (χ4v) is 4.55. The van der Waals surface area contributed by atoms with Gasteiger partial charge in [0.1, 0.15) is 4.21 Å². The van der Waals surface area contributed by atoms with E-state index in [-0.39, 0.29) is 16.5 Å². The highest BCUT2D eigenvalue weighted by Gasteiger charge is 2.14. The topological polar surface area (TPSA) is 106 Å². The SMILES string of the molecule is NS(=O)(=O)c1ccc(CNS(=O)(=O)Cc2ccccc2)s1. The Morgan fingerprint density at radius 2 is 1.67 bits per heavy atom. The molecule has 114 valence electrons. The maximum atomic E-state index is 11.9. The second kappa shape index (κ2) is 6.24. The summed E-state index contributed by atoms with van der Waals surface area (Å²) in [6.07, 6.45) is 0. The molecule has 0 aliphatic carbocycles. The van der Waals surface area contributed by atoms with Crippen molar-refractivity contribution in [2.24, 2.45) is 5.14 Å². The van der Waals surface area contributed by atoms with Crippen molar-refractivity contribution in [3.8, 4) is 0 Å². The Morgan fingerprint density at radius 3 is 2.24 bits per heavy atom. The van der Waals surface area contributed by atoms with Crippen LogP contribution in [0.15, 0.2) is 46.7 Å². The second-order valence-corrected chi connectivity index (χ2v) is 9.09. The second-order valence-electron chi connectivity index (χ2n) is 4.33. The molecule has 3 N–H and O–H groups in total. The smallest absolute Gasteiger partial charge is 0.224 e. The molecule has 0 saturated heterocycles. The van der Waals surface area contributed by atoms with Gasteiger partial charge in [-0.3, -0.25) is 0 Å². The predicted octanol–water partition coefficient (Wildman–Crippen LogP) is 1.02. The maximum absolute atomic E-state index is 11.9. The number of rotatable bonds is 6. The van der Waals surface area contributed by atoms with Gasteiger partial charge in [0.25, 0.3) is 0 Å². The molecule has 0 unspecified atom stereocenters. The first-order valence-corrected chi connectivity index (χ1v) is 9.90. The van der Waals surface area contributed by atoms with Gasteiger partial charge in [-0.15, -0.1) is 11.3 Å². The number of primary sulfonamides is 1. The van der Waals surface area contributed by atoms with Crippen molar-refractivity contribution < 1.29 is 16.8 Å². The monoisotopic (exact) mass is 346 g/mol. The molecule has 0 fully saturated rings. The van der Waals surface area contributed by atoms with E-state index in [0.717, 1.165) is 11.3 Å². The third kappa shape index (κ3) is 4.90. The predicted molar refractivity (Wildman–Crippen MR) is 81.6 cm³/mol. The van der Waals surface area contributed by atoms with E-state index in [0.29, 0.717) is 10.4 Å². The average molecular weight is 346 g/mol. The summed E-state index contributed by atoms with van der Waals surface area (Å²) in [7, 11) is -7.23. The molecule has 0 aliphatic rings. The van der Waals surface area contributed by atoms with Gasteiger partial charge in [0.2, 0.25) is 20.0 Å². The molecule has 9 heteroatoms. The van der Waals surface area contributed by atoms with Crippen LogP contribution in [0.2, 0.25) is 0 Å². The first-order valence-electron chi connectivity index (χ1n) is 5.89. The Bertz CT molecular complexity index is 811. The number of hydrogen-bond donors (Lipinski definition) is 2. The van der Waals surface area contributed by atoms with Crippen LogP contribution in [0.25, 0.3) is 0 Å². The van der Waals surface area contributed by atoms with E-state index >= 15 is 0 Å². The Kier molecular flexibility index (Phi) is 4.79. The lowest BCUT2D eigenvalue weighted by atomic mass is 10.2. The van der Waals surface area contributed by atoms with Crippen LogP contribution in [-0.4, -0.2) is 16.8 Å². The standard InChI is InChI=1S/C12H14N2O4S3/c13-21(17,18)12-7-6-11(19-12)8-14-20(15,16)9-10-4-2-1-3-5-10/h1-7,14H,8-9H2,(H2,13,17,18). The van der Waals surface area contributed by atoms with Gasteiger partial charge in [-0.2, -0.15) is 0 Å². The summed E-state index contributed by atoms with van der Waals surface area (Å²) in [5.74, 6) is -0.124. The lowest BCUT2D eigenvalue weighted by Gasteiger charge is -2.05. The zero-order chi connectivity index (χ0) is 15.5. The zero-order valence-corrected chi connectivity index (χ0v) is 13.3. The normalized spacial score (nSPS) is 12.4. The van der Waals surface area contributed by atoms with Gasteiger partial charge in [-0.1, -0.05) is 30.3 Å². The molecule has 2 aromatic rings. The van der Waals surface area contributed by atoms with Crippen molar-refractivity contribution in [1.29, 1.82) is 0 Å². The molecule has 0 radical (unpaired) electrons. The summed E-state index contributed by atoms with van der Waals surface area (Å²) in [5.41, 5.74) is 0.682. The van der Waals surface area contributed by atoms with Crippen molar-refractivity contribution in [1.82, 2.24) is 4.72 Å². The molecule has 0 amide bonds. The highest BCUT2D eigenvalue weighted by molar-refractivity contribution is 7.91. The molecule has 0 atom stereocenters. The minimum atomic E-state index is -3.74. The van der Waals surface area contributed by atoms with Crippen LogP contribution in [0.3, 0.4) is 0 Å². The molecule has 1 aromatic heterocycles. The Labute approximate surface area is 127 Å². The van der Waals surface area contributed by atoms with E-state index in [2.05, 4.69) is 4.72 Å². The minimum absolute atomic E-state index is 0.0137. The van der Waals surface area contributed by atoms with Crippen molar-refractivity contribution in [3.63, 3.8) is 0 Å². The number of hydrogen-bond acceptors (Lipinski definition) is 5. The highest BCUT2D eigenvalue weighted by Crippen LogP contribution is 2.20. The summed E-state index contributed by atoms with van der Waals surface area (Å²) in [6, 6.07) is 11.7. The molecule has 0 bridgehead atoms. The molecule has 1 aromatic carbocycles. The summed E-state index contributed by atoms with van der Waals surface area (Å²) in [5, 5.41) is 5.00. The molecule has 21 heavy (non-hydrogen) atoms. The Morgan fingerprint density at radius 1 is 1.00 bits per heavy atom. The van der Waals surface area contributed by atoms with Crippen molar-refractivity contribution in [2.75, 3.05) is 0 Å². The summed E-state index contributed by atoms with van der Waals surface area (Å²) in [4.78, 5) is 0.579. The number of benzene rings is 1. The fourth-order valence-electron chi connectivity index (χ4n) is 1.63. The van der Waals surface area contributed by atoms with Crippen LogP contribution >= 0.6 is 11.3 Å². The third-order valence-electron chi connectivity index (χ3n) is 2.58. The molecule has 0 spiro atoms. The lowest BCUT2D eigenvalue weighted by molar-refractivity contribution is 0.581. The van der Waals surface area contributed by atoms with E-state index in [4.69, 9.17) is 5.14 Å². The van der Waals surface area contributed by atoms with Crippen LogP contribution in [-0.2, 0) is 32.3 Å². The van der Waals surface area contributed by atoms with Crippen LogP contribution in [0.1, 0.15) is 10.4 Å². The van der Waals surface area contributed by atoms with Gasteiger partial charge >= 0.3 is 0 Å². The van der Waals surface area contributed by atoms with Crippen LogP contribution in [0, 0.1) is 0 Å². The average Bonchev–Trinajstić information content (AvgIpc) is 2.86. The van der Waals surface area contributed by atoms with E-state index < -0.39 is 20.0 Å². The summed E-state index contributed by atoms with van der Waals surface area (Å²) >= 11 is 0.947. The largest absolute Gasteiger partial charge is 0.247 e. The lowest BCUT2D eigenvalue weighted by Crippen LogP contribution is -2.24. The van der Waals surface area contributed by atoms with Gasteiger partial charge in [0.05, 0.1) is 5.75 Å². The summed E-state index contributed by atoms with van der Waals surface area (Å²) in [6.45, 7) is 0.0371. The summed E-state index contributed by atoms with van der Waals surface area (Å²) < 4.78 is 48.6. The van der Waals surface area contributed by atoms with E-state index in [1.807, 2.05) is 6.07 Å². The first-order chi connectivity index (χ1) is 9.76. The van der Waals surface area contributed by atoms with Crippen molar-refractivity contribution in [2.45, 2.75) is 16.5 Å². The molecule has 0 aliphatic heterocycles. The molecule has 6 nitrogen and oxygen atoms in total. The number of thiophene rings is 1. The molecule has 0 saturated carbocycles. The van der Waals surface area contributed by atoms with Gasteiger partial charge in [0, 0.05) is 11.4 Å². The zero-order valence-electron chi connectivity index (χ0n) is 10.9. The minimum Gasteiger partial charge on any atom is -0.224 e. The molecular weight excluding hydrogens is 332 g/mol. The molecule has 2 rings (SSSR count). The fraction of sp³-hybridized carbons (Fsp3) is 0.167. The van der Waals surface area contributed by atoms with Gasteiger partial charge in [-0.25, -0.2) is 26.7 Å². The van der Waals surface area contributed by atoms with E-state index in [1.54, 1.807) is 24.3 Å². The Balaban J connectivity index is 2.00. The third-order valence-corrected chi connectivity index (χ3v) is 6.40. The van der Waals surface area contributed by atoms with Crippen LogP contribution in [0.5, 0.6) is 0 Å². The molecular formula is C12H14N2O4S3. The van der Waals surface area contributed by atoms with Crippen molar-refractivity contribution >= 4 is 31.4 Å². The van der Waals surface area contributed by atoms with Gasteiger partial charge in [-0.05, 0) is 17.7 Å². The maximum Gasteiger partial charge on any atom is 0.247 e. The van der Waals surface area contributed by atoms with Crippen LogP contribution in [0.4, 0.5) is 0 Å². The molecule has 1 heterocycles. The quantitative estimate of drug-likeness (QED) is 0.814.